The second-order valence-electron chi connectivity index (χ2n) is 4.40. The van der Waals surface area contributed by atoms with Crippen molar-refractivity contribution in [1.29, 1.82) is 0 Å². The highest BCUT2D eigenvalue weighted by molar-refractivity contribution is 14.1. The number of ketones is 1. The van der Waals surface area contributed by atoms with E-state index in [-0.39, 0.29) is 5.78 Å². The van der Waals surface area contributed by atoms with Crippen molar-refractivity contribution in [3.63, 3.8) is 0 Å². The molecule has 0 saturated carbocycles. The molecule has 17 heavy (non-hydrogen) atoms. The van der Waals surface area contributed by atoms with Crippen LogP contribution in [0.15, 0.2) is 40.0 Å². The fraction of sp³-hybridized carbons (Fsp3) is 0.357. The molecule has 0 saturated heterocycles. The van der Waals surface area contributed by atoms with Gasteiger partial charge in [0.05, 0.1) is 6.10 Å². The van der Waals surface area contributed by atoms with E-state index in [0.717, 1.165) is 0 Å². The number of halogens is 1. The van der Waals surface area contributed by atoms with Gasteiger partial charge in [0.15, 0.2) is 5.78 Å². The van der Waals surface area contributed by atoms with Gasteiger partial charge in [-0.25, -0.2) is 0 Å². The maximum Gasteiger partial charge on any atom is 0.192 e. The Hall–Kier alpha value is -0.680. The van der Waals surface area contributed by atoms with Gasteiger partial charge < -0.3 is 5.11 Å². The average molecular weight is 344 g/mol. The SMILES string of the molecule is CC(C)C[C@H](O)/C(=C/I)C(=O)c1ccccc1. The normalized spacial score (nSPS) is 13.8. The standard InChI is InChI=1S/C14H17IO2/c1-10(2)8-13(16)12(9-15)14(17)11-6-4-3-5-7-11/h3-7,9-10,13,16H,8H2,1-2H3/b12-9-/t13-/m0/s1. The molecular formula is C14H17IO2. The zero-order chi connectivity index (χ0) is 12.8. The van der Waals surface area contributed by atoms with Gasteiger partial charge in [-0.1, -0.05) is 66.8 Å². The smallest absolute Gasteiger partial charge is 0.192 e. The maximum absolute atomic E-state index is 12.2. The molecule has 0 aliphatic rings. The first-order valence-electron chi connectivity index (χ1n) is 5.64. The minimum Gasteiger partial charge on any atom is -0.388 e. The quantitative estimate of drug-likeness (QED) is 0.504. The number of carbonyl (C=O) groups is 1. The molecule has 2 nitrogen and oxygen atoms in total. The van der Waals surface area contributed by atoms with Gasteiger partial charge in [0.2, 0.25) is 0 Å². The van der Waals surface area contributed by atoms with Crippen molar-refractivity contribution in [2.45, 2.75) is 26.4 Å². The molecule has 0 amide bonds. The molecule has 0 spiro atoms. The van der Waals surface area contributed by atoms with Crippen molar-refractivity contribution < 1.29 is 9.90 Å². The first kappa shape index (κ1) is 14.4. The van der Waals surface area contributed by atoms with E-state index >= 15 is 0 Å². The summed E-state index contributed by atoms with van der Waals surface area (Å²) in [6, 6.07) is 9.06. The minimum atomic E-state index is -0.681. The van der Waals surface area contributed by atoms with Crippen LogP contribution in [0, 0.1) is 5.92 Å². The van der Waals surface area contributed by atoms with E-state index in [1.807, 2.05) is 54.6 Å². The summed E-state index contributed by atoms with van der Waals surface area (Å²) in [7, 11) is 0. The van der Waals surface area contributed by atoms with Crippen LogP contribution in [-0.2, 0) is 0 Å². The Kier molecular flexibility index (Phi) is 5.85. The van der Waals surface area contributed by atoms with Gasteiger partial charge in [0, 0.05) is 11.1 Å². The number of rotatable bonds is 5. The molecule has 0 fully saturated rings. The van der Waals surface area contributed by atoms with E-state index in [2.05, 4.69) is 0 Å². The lowest BCUT2D eigenvalue weighted by Gasteiger charge is -2.15. The molecule has 3 heteroatoms. The van der Waals surface area contributed by atoms with Crippen molar-refractivity contribution >= 4 is 28.4 Å². The largest absolute Gasteiger partial charge is 0.388 e. The molecular weight excluding hydrogens is 327 g/mol. The topological polar surface area (TPSA) is 37.3 Å². The van der Waals surface area contributed by atoms with Crippen molar-refractivity contribution in [1.82, 2.24) is 0 Å². The van der Waals surface area contributed by atoms with Crippen molar-refractivity contribution in [2.75, 3.05) is 0 Å². The summed E-state index contributed by atoms with van der Waals surface area (Å²) in [6.45, 7) is 4.06. The van der Waals surface area contributed by atoms with E-state index in [1.54, 1.807) is 16.2 Å². The molecule has 0 bridgehead atoms. The maximum atomic E-state index is 12.2. The average Bonchev–Trinajstić information content (AvgIpc) is 2.30. The van der Waals surface area contributed by atoms with Gasteiger partial charge in [-0.3, -0.25) is 4.79 Å². The molecule has 0 aromatic heterocycles. The highest BCUT2D eigenvalue weighted by atomic mass is 127. The Morgan fingerprint density at radius 3 is 2.41 bits per heavy atom. The lowest BCUT2D eigenvalue weighted by molar-refractivity contribution is 0.0976. The highest BCUT2D eigenvalue weighted by Crippen LogP contribution is 2.19. The first-order valence-corrected chi connectivity index (χ1v) is 6.89. The van der Waals surface area contributed by atoms with Gasteiger partial charge in [-0.05, 0) is 16.4 Å². The lowest BCUT2D eigenvalue weighted by atomic mass is 9.95. The molecule has 0 heterocycles. The van der Waals surface area contributed by atoms with Gasteiger partial charge in [0.25, 0.3) is 0 Å². The molecule has 1 N–H and O–H groups in total. The molecule has 0 unspecified atom stereocenters. The molecule has 1 aromatic rings. The van der Waals surface area contributed by atoms with Crippen molar-refractivity contribution in [3.8, 4) is 0 Å². The Labute approximate surface area is 116 Å². The second-order valence-corrected chi connectivity index (χ2v) is 5.03. The minimum absolute atomic E-state index is 0.0897. The summed E-state index contributed by atoms with van der Waals surface area (Å²) in [4.78, 5) is 12.2. The fourth-order valence-electron chi connectivity index (χ4n) is 1.60. The van der Waals surface area contributed by atoms with E-state index in [4.69, 9.17) is 0 Å². The number of benzene rings is 1. The van der Waals surface area contributed by atoms with Crippen LogP contribution in [0.25, 0.3) is 0 Å². The number of aliphatic hydroxyl groups is 1. The van der Waals surface area contributed by atoms with Crippen molar-refractivity contribution in [2.24, 2.45) is 5.92 Å². The molecule has 0 radical (unpaired) electrons. The van der Waals surface area contributed by atoms with E-state index < -0.39 is 6.10 Å². The van der Waals surface area contributed by atoms with E-state index in [0.29, 0.717) is 23.5 Å². The lowest BCUT2D eigenvalue weighted by Crippen LogP contribution is -2.19. The monoisotopic (exact) mass is 344 g/mol. The number of hydrogen-bond donors (Lipinski definition) is 1. The predicted octanol–water partition coefficient (Wildman–Crippen LogP) is 3.60. The molecule has 1 rings (SSSR count). The predicted molar refractivity (Wildman–Crippen MR) is 78.3 cm³/mol. The second kappa shape index (κ2) is 6.91. The highest BCUT2D eigenvalue weighted by Gasteiger charge is 2.20. The molecule has 1 aromatic carbocycles. The Morgan fingerprint density at radius 1 is 1.35 bits per heavy atom. The van der Waals surface area contributed by atoms with Gasteiger partial charge >= 0.3 is 0 Å². The molecule has 1 atom stereocenters. The van der Waals surface area contributed by atoms with Crippen LogP contribution in [-0.4, -0.2) is 17.0 Å². The summed E-state index contributed by atoms with van der Waals surface area (Å²) < 4.78 is 1.68. The number of carbonyl (C=O) groups excluding carboxylic acids is 1. The van der Waals surface area contributed by atoms with Crippen molar-refractivity contribution in [3.05, 3.63) is 45.6 Å². The van der Waals surface area contributed by atoms with Crippen LogP contribution >= 0.6 is 22.6 Å². The Morgan fingerprint density at radius 2 is 1.94 bits per heavy atom. The molecule has 0 aliphatic heterocycles. The summed E-state index contributed by atoms with van der Waals surface area (Å²) in [5.41, 5.74) is 1.10. The van der Waals surface area contributed by atoms with E-state index in [1.165, 1.54) is 0 Å². The van der Waals surface area contributed by atoms with Crippen LogP contribution in [0.5, 0.6) is 0 Å². The number of hydrogen-bond acceptors (Lipinski definition) is 2. The first-order chi connectivity index (χ1) is 8.06. The fourth-order valence-corrected chi connectivity index (χ4v) is 2.30. The third-order valence-electron chi connectivity index (χ3n) is 2.47. The van der Waals surface area contributed by atoms with Crippen LogP contribution < -0.4 is 0 Å². The van der Waals surface area contributed by atoms with Crippen LogP contribution in [0.3, 0.4) is 0 Å². The summed E-state index contributed by atoms with van der Waals surface area (Å²) in [6.07, 6.45) is -0.0763. The van der Waals surface area contributed by atoms with Crippen LogP contribution in [0.1, 0.15) is 30.6 Å². The van der Waals surface area contributed by atoms with Crippen LogP contribution in [0.2, 0.25) is 0 Å². The number of Topliss-reactive ketones (excluding diaryl/α,β-unsaturated/α-hetero) is 1. The summed E-state index contributed by atoms with van der Waals surface area (Å²) in [5.74, 6) is 0.271. The van der Waals surface area contributed by atoms with Crippen LogP contribution in [0.4, 0.5) is 0 Å². The van der Waals surface area contributed by atoms with Gasteiger partial charge in [-0.2, -0.15) is 0 Å². The van der Waals surface area contributed by atoms with Gasteiger partial charge in [-0.15, -0.1) is 0 Å². The third-order valence-corrected chi connectivity index (χ3v) is 3.14. The molecule has 0 aliphatic carbocycles. The number of aliphatic hydroxyl groups excluding tert-OH is 1. The third kappa shape index (κ3) is 4.24. The zero-order valence-electron chi connectivity index (χ0n) is 10.1. The Bertz CT molecular complexity index is 396. The van der Waals surface area contributed by atoms with Gasteiger partial charge in [0.1, 0.15) is 0 Å². The summed E-state index contributed by atoms with van der Waals surface area (Å²) in [5, 5.41) is 10.0. The van der Waals surface area contributed by atoms with E-state index in [9.17, 15) is 9.90 Å². The Balaban J connectivity index is 2.86. The zero-order valence-corrected chi connectivity index (χ0v) is 12.2. The summed E-state index contributed by atoms with van der Waals surface area (Å²) >= 11 is 2.01. The molecule has 92 valence electrons.